The average molecular weight is 562 g/mol. The number of piperazine rings is 1. The Bertz CT molecular complexity index is 1180. The third-order valence-electron chi connectivity index (χ3n) is 5.48. The monoisotopic (exact) mass is 560 g/mol. The van der Waals surface area contributed by atoms with Gasteiger partial charge in [0, 0.05) is 26.2 Å². The van der Waals surface area contributed by atoms with Crippen LogP contribution in [-0.4, -0.2) is 80.8 Å². The fourth-order valence-electron chi connectivity index (χ4n) is 3.36. The summed E-state index contributed by atoms with van der Waals surface area (Å²) < 4.78 is 26.5. The standard InChI is InChI=1S/C24H30ClN6O2S.Ni.H/c1-29(2)34(32,33)24-7-5-4-6-23(24)27-17-21(25)16-26-19-28-22-10-8-20(9-11-22)18-31-14-12-30(3)13-15-31;;/h4-11,16,27H,12-15,18H2,1-3H3,(H,26,28);;/q-1;;/b21-16+;;. The number of rotatable bonds is 10. The molecular formula is C24H31ClN6NiO2S-. The Morgan fingerprint density at radius 1 is 1.14 bits per heavy atom. The number of benzene rings is 2. The zero-order chi connectivity index (χ0) is 25.4. The van der Waals surface area contributed by atoms with Gasteiger partial charge in [0.05, 0.1) is 0 Å². The van der Waals surface area contributed by atoms with Crippen LogP contribution in [0.4, 0.5) is 11.4 Å². The van der Waals surface area contributed by atoms with Crippen LogP contribution in [0, 0.1) is 0 Å². The van der Waals surface area contributed by atoms with Gasteiger partial charge in [-0.1, -0.05) is 0 Å². The van der Waals surface area contributed by atoms with Crippen LogP contribution in [0.2, 0.25) is 0 Å². The van der Waals surface area contributed by atoms with Gasteiger partial charge < -0.3 is 4.90 Å². The fraction of sp³-hybridized carbons (Fsp3) is 0.333. The Balaban J connectivity index is 1.54. The van der Waals surface area contributed by atoms with E-state index in [1.54, 1.807) is 18.2 Å². The maximum Gasteiger partial charge on any atom is 0.0113 e. The molecule has 1 aliphatic heterocycles. The van der Waals surface area contributed by atoms with Crippen molar-refractivity contribution in [2.24, 2.45) is 4.99 Å². The van der Waals surface area contributed by atoms with Crippen molar-refractivity contribution in [1.82, 2.24) is 14.1 Å². The molecule has 1 saturated heterocycles. The molecule has 0 amide bonds. The number of halogens is 1. The number of likely N-dealkylation sites (N-methyl/N-ethyl adjacent to an activating group) is 1. The van der Waals surface area contributed by atoms with Gasteiger partial charge in [0.25, 0.3) is 0 Å². The van der Waals surface area contributed by atoms with Crippen LogP contribution >= 0.6 is 11.6 Å². The van der Waals surface area contributed by atoms with Gasteiger partial charge in [0.15, 0.2) is 0 Å². The molecule has 2 aromatic carbocycles. The molecular weight excluding hydrogens is 531 g/mol. The predicted octanol–water partition coefficient (Wildman–Crippen LogP) is 2.60. The number of hydrogen-bond donors (Lipinski definition) is 2. The Morgan fingerprint density at radius 3 is 2.46 bits per heavy atom. The molecule has 0 bridgehead atoms. The van der Waals surface area contributed by atoms with Gasteiger partial charge in [-0.3, -0.25) is 0 Å². The van der Waals surface area contributed by atoms with Crippen LogP contribution in [0.5, 0.6) is 0 Å². The van der Waals surface area contributed by atoms with E-state index in [1.807, 2.05) is 12.1 Å². The van der Waals surface area contributed by atoms with Crippen LogP contribution < -0.4 is 10.6 Å². The molecule has 0 saturated carbocycles. The minimum atomic E-state index is -3.63. The zero-order valence-corrected chi connectivity index (χ0v) is 22.6. The third-order valence-corrected chi connectivity index (χ3v) is 8.19. The molecule has 0 spiro atoms. The molecule has 0 aromatic heterocycles. The van der Waals surface area contributed by atoms with Crippen LogP contribution in [0.15, 0.2) is 69.7 Å². The minimum absolute atomic E-state index is 0.118. The van der Waals surface area contributed by atoms with Crippen LogP contribution in [0.1, 0.15) is 5.56 Å². The summed E-state index contributed by atoms with van der Waals surface area (Å²) in [7, 11) is 1.47. The maximum absolute atomic E-state index is 12.5. The van der Waals surface area contributed by atoms with Crippen molar-refractivity contribution in [1.29, 1.82) is 0 Å². The number of sulfonamides is 1. The van der Waals surface area contributed by atoms with Gasteiger partial charge >= 0.3 is 183 Å². The number of hydrogen-bond acceptors (Lipinski definition) is 6. The van der Waals surface area contributed by atoms with E-state index in [-0.39, 0.29) is 14.5 Å². The smallest absolute Gasteiger partial charge is 0.0107 e. The summed E-state index contributed by atoms with van der Waals surface area (Å²) >= 11 is 10.7. The van der Waals surface area contributed by atoms with E-state index in [0.29, 0.717) is 5.69 Å². The number of aliphatic imine (C=N–C) groups is 1. The van der Waals surface area contributed by atoms with E-state index in [4.69, 9.17) is 11.6 Å². The molecule has 1 fully saturated rings. The second kappa shape index (κ2) is 12.8. The van der Waals surface area contributed by atoms with Gasteiger partial charge in [-0.2, -0.15) is 0 Å². The van der Waals surface area contributed by atoms with Gasteiger partial charge in [0.2, 0.25) is 0 Å². The van der Waals surface area contributed by atoms with E-state index in [1.165, 1.54) is 31.9 Å². The van der Waals surface area contributed by atoms with E-state index < -0.39 is 10.0 Å². The molecule has 0 unspecified atom stereocenters. The first-order valence-electron chi connectivity index (χ1n) is 11.0. The minimum Gasteiger partial charge on any atom is 0.0107 e. The van der Waals surface area contributed by atoms with Gasteiger partial charge in [-0.05, 0) is 7.05 Å². The van der Waals surface area contributed by atoms with Gasteiger partial charge in [-0.15, -0.1) is 0 Å². The number of nitrogens with one attached hydrogen (secondary N) is 2. The summed E-state index contributed by atoms with van der Waals surface area (Å²) in [6.07, 6.45) is 4.10. The second-order valence-corrected chi connectivity index (χ2v) is 11.4. The van der Waals surface area contributed by atoms with E-state index in [0.717, 1.165) is 42.7 Å². The molecule has 1 heterocycles. The van der Waals surface area contributed by atoms with Crippen LogP contribution in [0.3, 0.4) is 0 Å². The van der Waals surface area contributed by atoms with Crippen molar-refractivity contribution in [2.45, 2.75) is 11.4 Å². The predicted molar refractivity (Wildman–Crippen MR) is 142 cm³/mol. The Hall–Kier alpha value is -2.07. The average Bonchev–Trinajstić information content (AvgIpc) is 2.84. The van der Waals surface area contributed by atoms with Crippen LogP contribution in [-0.2, 0) is 31.6 Å². The number of para-hydroxylation sites is 1. The van der Waals surface area contributed by atoms with Crippen molar-refractivity contribution in [3.63, 3.8) is 0 Å². The molecule has 8 nitrogen and oxygen atoms in total. The molecule has 2 N–H and O–H groups in total. The molecule has 11 heteroatoms. The summed E-state index contributed by atoms with van der Waals surface area (Å²) in [5.74, 6) is 0. The zero-order valence-electron chi connectivity index (χ0n) is 20.0. The summed E-state index contributed by atoms with van der Waals surface area (Å²) in [5, 5.41) is 6.11. The Morgan fingerprint density at radius 2 is 1.80 bits per heavy atom. The first-order chi connectivity index (χ1) is 16.7. The SMILES string of the molecule is CN1CCN(Cc2ccc(N[C-]=N/C=C(/Cl)[C](=[NiH])Nc3ccccc3S(=O)(=O)N(C)C)cc2)CC1. The largest absolute Gasteiger partial charge is 0.0113 e. The normalized spacial score (nSPS) is 16.1. The molecule has 0 atom stereocenters. The summed E-state index contributed by atoms with van der Waals surface area (Å²) in [5.41, 5.74) is 2.48. The fourth-order valence-corrected chi connectivity index (χ4v) is 4.71. The van der Waals surface area contributed by atoms with E-state index in [2.05, 4.69) is 66.0 Å². The quantitative estimate of drug-likeness (QED) is 0.153. The summed E-state index contributed by atoms with van der Waals surface area (Å²) in [4.78, 5) is 8.97. The van der Waals surface area contributed by atoms with Crippen molar-refractivity contribution < 1.29 is 23.4 Å². The maximum atomic E-state index is 12.5. The molecule has 193 valence electrons. The first kappa shape index (κ1) is 27.5. The topological polar surface area (TPSA) is 80.3 Å². The number of anilines is 2. The molecule has 35 heavy (non-hydrogen) atoms. The van der Waals surface area contributed by atoms with Crippen molar-refractivity contribution in [3.8, 4) is 0 Å². The van der Waals surface area contributed by atoms with E-state index in [9.17, 15) is 8.42 Å². The first-order valence-corrected chi connectivity index (χ1v) is 13.4. The molecule has 0 aliphatic carbocycles. The number of nitrogens with zero attached hydrogens (tertiary/aromatic N) is 4. The van der Waals surface area contributed by atoms with Gasteiger partial charge in [-0.25, -0.2) is 0 Å². The molecule has 1 aliphatic rings. The van der Waals surface area contributed by atoms with Crippen LogP contribution in [0.25, 0.3) is 0 Å². The van der Waals surface area contributed by atoms with E-state index >= 15 is 0 Å². The Kier molecular flexibility index (Phi) is 10.0. The summed E-state index contributed by atoms with van der Waals surface area (Å²) in [6.45, 7) is 5.31. The molecule has 2 aromatic rings. The van der Waals surface area contributed by atoms with Crippen molar-refractivity contribution in [2.75, 3.05) is 58.0 Å². The van der Waals surface area contributed by atoms with Crippen molar-refractivity contribution >= 4 is 44.0 Å². The summed E-state index contributed by atoms with van der Waals surface area (Å²) in [6, 6.07) is 14.7. The molecule has 0 radical (unpaired) electrons. The van der Waals surface area contributed by atoms with Gasteiger partial charge in [0.1, 0.15) is 0 Å². The second-order valence-electron chi connectivity index (χ2n) is 8.32. The molecule has 3 rings (SSSR count). The third kappa shape index (κ3) is 7.97. The van der Waals surface area contributed by atoms with Crippen molar-refractivity contribution in [3.05, 3.63) is 65.3 Å². The Labute approximate surface area is 220 Å².